The Balaban J connectivity index is 2.20. The Morgan fingerprint density at radius 3 is 2.87 bits per heavy atom. The van der Waals surface area contributed by atoms with Gasteiger partial charge in [0.2, 0.25) is 5.88 Å². The second-order valence-corrected chi connectivity index (χ2v) is 4.19. The Labute approximate surface area is 93.2 Å². The molecule has 0 atom stereocenters. The van der Waals surface area contributed by atoms with E-state index in [0.717, 1.165) is 5.56 Å². The molecule has 1 fully saturated rings. The number of aromatic nitrogens is 1. The fraction of sp³-hybridized carbons (Fsp3) is 0.500. The number of β-amino-alcohol motifs (C(OH)–C–C–N with tert-alkyl or cyclic N) is 1. The number of aliphatic hydroxyl groups is 1. The third-order valence-corrected chi connectivity index (χ3v) is 2.74. The summed E-state index contributed by atoms with van der Waals surface area (Å²) in [5.74, 6) is 0.489. The molecule has 2 rings (SSSR count). The van der Waals surface area contributed by atoms with Gasteiger partial charge in [0.05, 0.1) is 12.7 Å². The molecule has 0 saturated carbocycles. The lowest BCUT2D eigenvalue weighted by Crippen LogP contribution is -2.60. The van der Waals surface area contributed by atoms with Gasteiger partial charge in [-0.1, -0.05) is 17.7 Å². The highest BCUT2D eigenvalue weighted by atomic mass is 35.5. The van der Waals surface area contributed by atoms with Crippen molar-refractivity contribution in [3.63, 3.8) is 0 Å². The number of pyridine rings is 1. The molecule has 82 valence electrons. The lowest BCUT2D eigenvalue weighted by molar-refractivity contribution is -0.00953. The molecule has 0 spiro atoms. The minimum absolute atomic E-state index is 0.398. The Kier molecular flexibility index (Phi) is 2.82. The maximum atomic E-state index is 9.97. The summed E-state index contributed by atoms with van der Waals surface area (Å²) in [5, 5.41) is 13.4. The summed E-state index contributed by atoms with van der Waals surface area (Å²) in [6, 6.07) is 3.54. The minimum Gasteiger partial charge on any atom is -0.481 e. The van der Waals surface area contributed by atoms with Gasteiger partial charge in [0.25, 0.3) is 0 Å². The highest BCUT2D eigenvalue weighted by molar-refractivity contribution is 6.29. The Morgan fingerprint density at radius 2 is 2.33 bits per heavy atom. The van der Waals surface area contributed by atoms with Gasteiger partial charge in [-0.05, 0) is 6.07 Å². The van der Waals surface area contributed by atoms with Crippen molar-refractivity contribution < 1.29 is 9.84 Å². The summed E-state index contributed by atoms with van der Waals surface area (Å²) >= 11 is 5.75. The number of hydrogen-bond donors (Lipinski definition) is 2. The molecule has 4 nitrogen and oxygen atoms in total. The van der Waals surface area contributed by atoms with Crippen LogP contribution in [0.2, 0.25) is 5.15 Å². The lowest BCUT2D eigenvalue weighted by atomic mass is 9.89. The molecule has 0 amide bonds. The smallest absolute Gasteiger partial charge is 0.217 e. The first-order chi connectivity index (χ1) is 7.13. The summed E-state index contributed by atoms with van der Waals surface area (Å²) < 4.78 is 5.11. The zero-order valence-corrected chi connectivity index (χ0v) is 9.21. The van der Waals surface area contributed by atoms with E-state index in [1.165, 1.54) is 0 Å². The quantitative estimate of drug-likeness (QED) is 0.745. The third kappa shape index (κ3) is 2.22. The summed E-state index contributed by atoms with van der Waals surface area (Å²) in [6.45, 7) is 1.22. The summed E-state index contributed by atoms with van der Waals surface area (Å²) in [7, 11) is 1.55. The Hall–Kier alpha value is -0.840. The van der Waals surface area contributed by atoms with Crippen LogP contribution in [-0.4, -0.2) is 35.9 Å². The number of halogens is 1. The predicted molar refractivity (Wildman–Crippen MR) is 57.3 cm³/mol. The van der Waals surface area contributed by atoms with Gasteiger partial charge in [0.15, 0.2) is 0 Å². The van der Waals surface area contributed by atoms with E-state index < -0.39 is 5.60 Å². The van der Waals surface area contributed by atoms with Crippen LogP contribution in [0.15, 0.2) is 12.1 Å². The second kappa shape index (κ2) is 3.96. The number of rotatable bonds is 3. The zero-order chi connectivity index (χ0) is 10.9. The number of nitrogens with zero attached hydrogens (tertiary/aromatic N) is 1. The van der Waals surface area contributed by atoms with Crippen molar-refractivity contribution in [2.24, 2.45) is 0 Å². The van der Waals surface area contributed by atoms with Gasteiger partial charge in [-0.15, -0.1) is 0 Å². The van der Waals surface area contributed by atoms with E-state index in [0.29, 0.717) is 30.5 Å². The van der Waals surface area contributed by atoms with Gasteiger partial charge in [-0.3, -0.25) is 0 Å². The number of ether oxygens (including phenoxy) is 1. The maximum Gasteiger partial charge on any atom is 0.217 e. The number of methoxy groups -OCH3 is 1. The van der Waals surface area contributed by atoms with Crippen molar-refractivity contribution in [1.82, 2.24) is 10.3 Å². The van der Waals surface area contributed by atoms with Crippen LogP contribution in [0, 0.1) is 0 Å². The van der Waals surface area contributed by atoms with Gasteiger partial charge in [0, 0.05) is 25.1 Å². The molecule has 5 heteroatoms. The topological polar surface area (TPSA) is 54.4 Å². The molecule has 1 aromatic heterocycles. The average molecular weight is 229 g/mol. The first kappa shape index (κ1) is 10.7. The normalized spacial score (nSPS) is 18.3. The van der Waals surface area contributed by atoms with Gasteiger partial charge in [0.1, 0.15) is 5.15 Å². The van der Waals surface area contributed by atoms with Crippen LogP contribution in [-0.2, 0) is 6.42 Å². The van der Waals surface area contributed by atoms with Crippen molar-refractivity contribution in [3.8, 4) is 5.88 Å². The van der Waals surface area contributed by atoms with Crippen LogP contribution in [0.4, 0.5) is 0 Å². The molecule has 15 heavy (non-hydrogen) atoms. The first-order valence-electron chi connectivity index (χ1n) is 4.75. The fourth-order valence-electron chi connectivity index (χ4n) is 1.65. The minimum atomic E-state index is -0.664. The van der Waals surface area contributed by atoms with Crippen LogP contribution in [0.3, 0.4) is 0 Å². The van der Waals surface area contributed by atoms with Crippen molar-refractivity contribution in [1.29, 1.82) is 0 Å². The van der Waals surface area contributed by atoms with Crippen molar-refractivity contribution in [2.45, 2.75) is 12.0 Å². The molecule has 1 saturated heterocycles. The molecule has 1 aliphatic heterocycles. The van der Waals surface area contributed by atoms with E-state index in [1.807, 2.05) is 6.07 Å². The summed E-state index contributed by atoms with van der Waals surface area (Å²) in [4.78, 5) is 4.05. The summed E-state index contributed by atoms with van der Waals surface area (Å²) in [5.41, 5.74) is 0.217. The van der Waals surface area contributed by atoms with Crippen molar-refractivity contribution in [2.75, 3.05) is 20.2 Å². The second-order valence-electron chi connectivity index (χ2n) is 3.81. The third-order valence-electron chi connectivity index (χ3n) is 2.53. The Bertz CT molecular complexity index is 366. The number of hydrogen-bond acceptors (Lipinski definition) is 4. The standard InChI is InChI=1S/C10H13ClN2O2/c1-15-9-7(2-3-8(11)13-9)4-10(14)5-12-6-10/h2-3,12,14H,4-6H2,1H3. The average Bonchev–Trinajstić information content (AvgIpc) is 2.18. The first-order valence-corrected chi connectivity index (χ1v) is 5.13. The zero-order valence-electron chi connectivity index (χ0n) is 8.46. The molecule has 0 aliphatic carbocycles. The van der Waals surface area contributed by atoms with Crippen LogP contribution < -0.4 is 10.1 Å². The molecule has 0 radical (unpaired) electrons. The SMILES string of the molecule is COc1nc(Cl)ccc1CC1(O)CNC1. The molecule has 0 bridgehead atoms. The van der Waals surface area contributed by atoms with Crippen LogP contribution >= 0.6 is 11.6 Å². The molecule has 2 N–H and O–H groups in total. The van der Waals surface area contributed by atoms with Crippen molar-refractivity contribution >= 4 is 11.6 Å². The molecule has 0 unspecified atom stereocenters. The van der Waals surface area contributed by atoms with Gasteiger partial charge in [-0.25, -0.2) is 4.98 Å². The van der Waals surface area contributed by atoms with E-state index in [4.69, 9.17) is 16.3 Å². The largest absolute Gasteiger partial charge is 0.481 e. The van der Waals surface area contributed by atoms with Crippen molar-refractivity contribution in [3.05, 3.63) is 22.8 Å². The highest BCUT2D eigenvalue weighted by Gasteiger charge is 2.35. The highest BCUT2D eigenvalue weighted by Crippen LogP contribution is 2.25. The molecule has 2 heterocycles. The molecule has 0 aromatic carbocycles. The van der Waals surface area contributed by atoms with E-state index in [1.54, 1.807) is 13.2 Å². The van der Waals surface area contributed by atoms with Gasteiger partial charge in [-0.2, -0.15) is 0 Å². The lowest BCUT2D eigenvalue weighted by Gasteiger charge is -2.37. The molecule has 1 aliphatic rings. The van der Waals surface area contributed by atoms with E-state index >= 15 is 0 Å². The van der Waals surface area contributed by atoms with Gasteiger partial charge < -0.3 is 15.2 Å². The number of nitrogens with one attached hydrogen (secondary N) is 1. The monoisotopic (exact) mass is 228 g/mol. The Morgan fingerprint density at radius 1 is 1.60 bits per heavy atom. The van der Waals surface area contributed by atoms with E-state index in [-0.39, 0.29) is 0 Å². The van der Waals surface area contributed by atoms with Crippen LogP contribution in [0.25, 0.3) is 0 Å². The molecular weight excluding hydrogens is 216 g/mol. The molecule has 1 aromatic rings. The maximum absolute atomic E-state index is 9.97. The van der Waals surface area contributed by atoms with E-state index in [2.05, 4.69) is 10.3 Å². The van der Waals surface area contributed by atoms with Crippen LogP contribution in [0.1, 0.15) is 5.56 Å². The molecular formula is C10H13ClN2O2. The van der Waals surface area contributed by atoms with E-state index in [9.17, 15) is 5.11 Å². The fourth-order valence-corrected chi connectivity index (χ4v) is 1.79. The predicted octanol–water partition coefficient (Wildman–Crippen LogP) is 0.620. The van der Waals surface area contributed by atoms with Gasteiger partial charge >= 0.3 is 0 Å². The van der Waals surface area contributed by atoms with Crippen LogP contribution in [0.5, 0.6) is 5.88 Å². The summed E-state index contributed by atoms with van der Waals surface area (Å²) in [6.07, 6.45) is 0.535.